The lowest BCUT2D eigenvalue weighted by atomic mass is 10.2. The van der Waals surface area contributed by atoms with Crippen LogP contribution in [0, 0.1) is 0 Å². The molecule has 1 aromatic heterocycles. The van der Waals surface area contributed by atoms with Crippen molar-refractivity contribution in [1.82, 2.24) is 4.57 Å². The molecule has 104 valence electrons. The van der Waals surface area contributed by atoms with Gasteiger partial charge in [0.2, 0.25) is 0 Å². The van der Waals surface area contributed by atoms with Crippen molar-refractivity contribution in [1.29, 1.82) is 0 Å². The summed E-state index contributed by atoms with van der Waals surface area (Å²) in [5, 5.41) is 2.66. The van der Waals surface area contributed by atoms with E-state index in [1.807, 2.05) is 0 Å². The third-order valence-corrected chi connectivity index (χ3v) is 3.86. The van der Waals surface area contributed by atoms with Gasteiger partial charge in [0.05, 0.1) is 0 Å². The minimum atomic E-state index is 0. The van der Waals surface area contributed by atoms with Crippen LogP contribution in [0.4, 0.5) is 0 Å². The molecule has 4 rings (SSSR count). The number of fused-ring (bicyclic) bond motifs is 3. The van der Waals surface area contributed by atoms with Crippen LogP contribution >= 0.6 is 17.0 Å². The largest absolute Gasteiger partial charge is 0.336 e. The molecule has 0 spiro atoms. The van der Waals surface area contributed by atoms with Crippen LogP contribution in [0.25, 0.3) is 21.8 Å². The Kier molecular flexibility index (Phi) is 3.80. The van der Waals surface area contributed by atoms with E-state index < -0.39 is 0 Å². The van der Waals surface area contributed by atoms with Gasteiger partial charge in [0.25, 0.3) is 0 Å². The fraction of sp³-hybridized carbons (Fsp3) is 0.0526. The molecule has 0 fully saturated rings. The Hall–Kier alpha value is -2.06. The first-order chi connectivity index (χ1) is 9.93. The first-order valence-electron chi connectivity index (χ1n) is 6.93. The van der Waals surface area contributed by atoms with Crippen LogP contribution in [0.3, 0.4) is 0 Å². The molecule has 0 aliphatic rings. The highest BCUT2D eigenvalue weighted by molar-refractivity contribution is 8.93. The lowest BCUT2D eigenvalue weighted by Gasteiger charge is -2.07. The molecule has 4 aromatic rings. The third kappa shape index (κ3) is 2.36. The van der Waals surface area contributed by atoms with E-state index in [-0.39, 0.29) is 17.0 Å². The molecular weight excluding hydrogens is 322 g/mol. The first-order valence-corrected chi connectivity index (χ1v) is 6.93. The van der Waals surface area contributed by atoms with E-state index in [1.165, 1.54) is 27.4 Å². The first kappa shape index (κ1) is 13.9. The van der Waals surface area contributed by atoms with Gasteiger partial charge >= 0.3 is 0 Å². The predicted octanol–water partition coefficient (Wildman–Crippen LogP) is 5.42. The zero-order valence-corrected chi connectivity index (χ0v) is 13.3. The molecule has 0 unspecified atom stereocenters. The molecule has 0 saturated heterocycles. The van der Waals surface area contributed by atoms with Gasteiger partial charge in [0.1, 0.15) is 0 Å². The van der Waals surface area contributed by atoms with E-state index in [9.17, 15) is 0 Å². The van der Waals surface area contributed by atoms with Crippen molar-refractivity contribution in [2.45, 2.75) is 6.54 Å². The molecule has 0 atom stereocenters. The molecule has 0 aliphatic heterocycles. The predicted molar refractivity (Wildman–Crippen MR) is 95.3 cm³/mol. The molecule has 0 N–H and O–H groups in total. The third-order valence-electron chi connectivity index (χ3n) is 3.86. The van der Waals surface area contributed by atoms with Gasteiger partial charge in [-0.25, -0.2) is 0 Å². The maximum Gasteiger partial charge on any atom is 0.0494 e. The van der Waals surface area contributed by atoms with Crippen LogP contribution in [0.2, 0.25) is 0 Å². The Morgan fingerprint density at radius 1 is 0.571 bits per heavy atom. The minimum absolute atomic E-state index is 0. The number of nitrogens with zero attached hydrogens (tertiary/aromatic N) is 1. The minimum Gasteiger partial charge on any atom is -0.336 e. The van der Waals surface area contributed by atoms with Crippen LogP contribution in [0.5, 0.6) is 0 Å². The normalized spacial score (nSPS) is 10.7. The highest BCUT2D eigenvalue weighted by Gasteiger charge is 2.09. The zero-order valence-electron chi connectivity index (χ0n) is 11.6. The van der Waals surface area contributed by atoms with Crippen LogP contribution in [-0.2, 0) is 6.54 Å². The average molecular weight is 338 g/mol. The average Bonchev–Trinajstić information content (AvgIpc) is 2.84. The fourth-order valence-electron chi connectivity index (χ4n) is 2.94. The zero-order chi connectivity index (χ0) is 13.4. The van der Waals surface area contributed by atoms with Gasteiger partial charge in [-0.1, -0.05) is 66.7 Å². The van der Waals surface area contributed by atoms with Crippen molar-refractivity contribution in [2.75, 3.05) is 0 Å². The molecule has 1 heterocycles. The molecule has 0 bridgehead atoms. The quantitative estimate of drug-likeness (QED) is 0.460. The Balaban J connectivity index is 0.00000132. The van der Waals surface area contributed by atoms with E-state index in [2.05, 4.69) is 83.4 Å². The summed E-state index contributed by atoms with van der Waals surface area (Å²) >= 11 is 0. The van der Waals surface area contributed by atoms with Crippen molar-refractivity contribution in [3.8, 4) is 0 Å². The molecule has 0 radical (unpaired) electrons. The summed E-state index contributed by atoms with van der Waals surface area (Å²) in [6.07, 6.45) is 0. The summed E-state index contributed by atoms with van der Waals surface area (Å²) in [6.45, 7) is 0.912. The molecule has 2 heteroatoms. The van der Waals surface area contributed by atoms with Gasteiger partial charge in [-0.05, 0) is 17.7 Å². The highest BCUT2D eigenvalue weighted by atomic mass is 79.9. The maximum absolute atomic E-state index is 2.40. The lowest BCUT2D eigenvalue weighted by molar-refractivity contribution is 0.869. The van der Waals surface area contributed by atoms with Crippen molar-refractivity contribution in [2.24, 2.45) is 0 Å². The summed E-state index contributed by atoms with van der Waals surface area (Å²) < 4.78 is 2.40. The number of rotatable bonds is 2. The van der Waals surface area contributed by atoms with Crippen molar-refractivity contribution in [3.63, 3.8) is 0 Å². The number of para-hydroxylation sites is 2. The smallest absolute Gasteiger partial charge is 0.0494 e. The molecular formula is C19H16BrN. The standard InChI is InChI=1S/C19H15N.BrH/c1-2-8-15(9-3-1)14-20-18-12-6-4-10-16(18)17-11-5-7-13-19(17)20;/h1-13H,14H2;1H. The highest BCUT2D eigenvalue weighted by Crippen LogP contribution is 2.29. The molecule has 3 aromatic carbocycles. The van der Waals surface area contributed by atoms with E-state index in [1.54, 1.807) is 0 Å². The summed E-state index contributed by atoms with van der Waals surface area (Å²) in [6, 6.07) is 27.9. The van der Waals surface area contributed by atoms with Gasteiger partial charge in [-0.15, -0.1) is 17.0 Å². The molecule has 1 nitrogen and oxygen atoms in total. The van der Waals surface area contributed by atoms with Gasteiger partial charge in [-0.3, -0.25) is 0 Å². The summed E-state index contributed by atoms with van der Waals surface area (Å²) in [5.74, 6) is 0. The van der Waals surface area contributed by atoms with Crippen molar-refractivity contribution in [3.05, 3.63) is 84.4 Å². The number of hydrogen-bond donors (Lipinski definition) is 0. The summed E-state index contributed by atoms with van der Waals surface area (Å²) in [4.78, 5) is 0. The number of hydrogen-bond acceptors (Lipinski definition) is 0. The second-order valence-electron chi connectivity index (χ2n) is 5.11. The van der Waals surface area contributed by atoms with E-state index in [4.69, 9.17) is 0 Å². The van der Waals surface area contributed by atoms with Gasteiger partial charge in [0.15, 0.2) is 0 Å². The Morgan fingerprint density at radius 2 is 1.05 bits per heavy atom. The van der Waals surface area contributed by atoms with Crippen LogP contribution in [-0.4, -0.2) is 4.57 Å². The van der Waals surface area contributed by atoms with Crippen LogP contribution < -0.4 is 0 Å². The molecule has 0 saturated carbocycles. The second kappa shape index (κ2) is 5.74. The Bertz CT molecular complexity index is 825. The van der Waals surface area contributed by atoms with Gasteiger partial charge in [0, 0.05) is 28.4 Å². The number of halogens is 1. The van der Waals surface area contributed by atoms with E-state index >= 15 is 0 Å². The van der Waals surface area contributed by atoms with E-state index in [0.717, 1.165) is 6.54 Å². The van der Waals surface area contributed by atoms with Crippen molar-refractivity contribution < 1.29 is 0 Å². The topological polar surface area (TPSA) is 4.93 Å². The SMILES string of the molecule is Br.c1ccc(Cn2c3ccccc3c3ccccc32)cc1. The fourth-order valence-corrected chi connectivity index (χ4v) is 2.94. The van der Waals surface area contributed by atoms with Crippen LogP contribution in [0.1, 0.15) is 5.56 Å². The molecule has 21 heavy (non-hydrogen) atoms. The molecule has 0 aliphatic carbocycles. The number of benzene rings is 3. The van der Waals surface area contributed by atoms with Gasteiger partial charge < -0.3 is 4.57 Å². The second-order valence-corrected chi connectivity index (χ2v) is 5.11. The maximum atomic E-state index is 2.40. The van der Waals surface area contributed by atoms with E-state index in [0.29, 0.717) is 0 Å². The number of aromatic nitrogens is 1. The Morgan fingerprint density at radius 3 is 1.62 bits per heavy atom. The lowest BCUT2D eigenvalue weighted by Crippen LogP contribution is -1.98. The monoisotopic (exact) mass is 337 g/mol. The van der Waals surface area contributed by atoms with Crippen LogP contribution in [0.15, 0.2) is 78.9 Å². The van der Waals surface area contributed by atoms with Crippen molar-refractivity contribution >= 4 is 38.8 Å². The molecule has 0 amide bonds. The summed E-state index contributed by atoms with van der Waals surface area (Å²) in [7, 11) is 0. The Labute approximate surface area is 134 Å². The van der Waals surface area contributed by atoms with Gasteiger partial charge in [-0.2, -0.15) is 0 Å². The summed E-state index contributed by atoms with van der Waals surface area (Å²) in [5.41, 5.74) is 3.94.